The molecule has 1 aromatic carbocycles. The standard InChI is InChI=1S/C25H46NO2/c1-4-5-6-7-8-9-10-11-12-13-14-18-21-26(2,3)22-24(27)23-28-25-19-16-15-17-20-25/h15-17,19-20,24,27H,4-14,18,21-23H2,1-3H3/q+1. The lowest BCUT2D eigenvalue weighted by molar-refractivity contribution is -0.893. The molecule has 0 aliphatic rings. The summed E-state index contributed by atoms with van der Waals surface area (Å²) in [4.78, 5) is 0. The minimum absolute atomic E-state index is 0.365. The molecule has 0 saturated carbocycles. The summed E-state index contributed by atoms with van der Waals surface area (Å²) in [6.45, 7) is 4.51. The Kier molecular flexibility index (Phi) is 14.1. The van der Waals surface area contributed by atoms with Gasteiger partial charge in [-0.2, -0.15) is 0 Å². The molecule has 0 amide bonds. The zero-order valence-electron chi connectivity index (χ0n) is 18.9. The van der Waals surface area contributed by atoms with E-state index in [1.807, 2.05) is 30.3 Å². The number of ether oxygens (including phenoxy) is 1. The predicted molar refractivity (Wildman–Crippen MR) is 121 cm³/mol. The summed E-state index contributed by atoms with van der Waals surface area (Å²) < 4.78 is 6.53. The molecule has 0 aromatic heterocycles. The third-order valence-corrected chi connectivity index (χ3v) is 5.51. The molecule has 0 saturated heterocycles. The summed E-state index contributed by atoms with van der Waals surface area (Å²) >= 11 is 0. The van der Waals surface area contributed by atoms with E-state index in [0.717, 1.165) is 23.3 Å². The van der Waals surface area contributed by atoms with E-state index in [-0.39, 0.29) is 0 Å². The van der Waals surface area contributed by atoms with Crippen LogP contribution in [0.3, 0.4) is 0 Å². The number of aliphatic hydroxyl groups excluding tert-OH is 1. The number of quaternary nitrogens is 1. The molecule has 0 aliphatic carbocycles. The first-order valence-corrected chi connectivity index (χ1v) is 11.7. The number of unbranched alkanes of at least 4 members (excludes halogenated alkanes) is 11. The van der Waals surface area contributed by atoms with Crippen molar-refractivity contribution < 1.29 is 14.3 Å². The summed E-state index contributed by atoms with van der Waals surface area (Å²) in [6, 6.07) is 9.74. The fourth-order valence-corrected chi connectivity index (χ4v) is 3.80. The van der Waals surface area contributed by atoms with E-state index >= 15 is 0 Å². The van der Waals surface area contributed by atoms with Crippen molar-refractivity contribution >= 4 is 0 Å². The van der Waals surface area contributed by atoms with Crippen molar-refractivity contribution in [2.75, 3.05) is 33.8 Å². The Hall–Kier alpha value is -1.06. The highest BCUT2D eigenvalue weighted by atomic mass is 16.5. The van der Waals surface area contributed by atoms with Crippen molar-refractivity contribution in [3.05, 3.63) is 30.3 Å². The molecule has 0 heterocycles. The topological polar surface area (TPSA) is 29.5 Å². The Labute approximate surface area is 174 Å². The molecule has 0 aliphatic heterocycles. The Morgan fingerprint density at radius 3 is 1.82 bits per heavy atom. The summed E-state index contributed by atoms with van der Waals surface area (Å²) in [7, 11) is 4.43. The predicted octanol–water partition coefficient (Wildman–Crippen LogP) is 6.20. The number of para-hydroxylation sites is 1. The molecule has 3 heteroatoms. The van der Waals surface area contributed by atoms with Crippen LogP contribution in [-0.4, -0.2) is 49.5 Å². The monoisotopic (exact) mass is 392 g/mol. The molecule has 0 spiro atoms. The number of hydrogen-bond acceptors (Lipinski definition) is 2. The van der Waals surface area contributed by atoms with Crippen molar-refractivity contribution in [3.8, 4) is 5.75 Å². The Morgan fingerprint density at radius 1 is 0.786 bits per heavy atom. The summed E-state index contributed by atoms with van der Waals surface area (Å²) in [6.07, 6.45) is 16.2. The molecule has 0 radical (unpaired) electrons. The van der Waals surface area contributed by atoms with E-state index in [0.29, 0.717) is 6.61 Å². The van der Waals surface area contributed by atoms with Gasteiger partial charge in [0, 0.05) is 0 Å². The molecule has 28 heavy (non-hydrogen) atoms. The number of hydrogen-bond donors (Lipinski definition) is 1. The van der Waals surface area contributed by atoms with Gasteiger partial charge in [-0.05, 0) is 25.0 Å². The number of nitrogens with zero attached hydrogens (tertiary/aromatic N) is 1. The normalized spacial score (nSPS) is 12.9. The third kappa shape index (κ3) is 14.0. The smallest absolute Gasteiger partial charge is 0.137 e. The Bertz CT molecular complexity index is 461. The molecular weight excluding hydrogens is 346 g/mol. The minimum Gasteiger partial charge on any atom is -0.491 e. The highest BCUT2D eigenvalue weighted by molar-refractivity contribution is 5.20. The van der Waals surface area contributed by atoms with Gasteiger partial charge in [-0.1, -0.05) is 89.3 Å². The van der Waals surface area contributed by atoms with E-state index in [9.17, 15) is 5.11 Å². The average molecular weight is 393 g/mol. The molecule has 1 atom stereocenters. The van der Waals surface area contributed by atoms with Crippen LogP contribution in [0.25, 0.3) is 0 Å². The van der Waals surface area contributed by atoms with Crippen molar-refractivity contribution in [3.63, 3.8) is 0 Å². The number of likely N-dealkylation sites (N-methyl/N-ethyl adjacent to an activating group) is 1. The fourth-order valence-electron chi connectivity index (χ4n) is 3.80. The second-order valence-corrected chi connectivity index (χ2v) is 9.01. The lowest BCUT2D eigenvalue weighted by Gasteiger charge is -2.31. The maximum atomic E-state index is 10.3. The van der Waals surface area contributed by atoms with Crippen molar-refractivity contribution in [2.45, 2.75) is 90.1 Å². The van der Waals surface area contributed by atoms with Gasteiger partial charge in [0.25, 0.3) is 0 Å². The van der Waals surface area contributed by atoms with Crippen LogP contribution in [0.1, 0.15) is 84.0 Å². The molecular formula is C25H46NO2+. The van der Waals surface area contributed by atoms with Crippen molar-refractivity contribution in [2.24, 2.45) is 0 Å². The quantitative estimate of drug-likeness (QED) is 0.238. The van der Waals surface area contributed by atoms with E-state index in [4.69, 9.17) is 4.74 Å². The average Bonchev–Trinajstić information content (AvgIpc) is 2.67. The van der Waals surface area contributed by atoms with Gasteiger partial charge in [-0.15, -0.1) is 0 Å². The molecule has 0 fully saturated rings. The number of benzene rings is 1. The van der Waals surface area contributed by atoms with E-state index in [1.54, 1.807) is 0 Å². The first-order valence-electron chi connectivity index (χ1n) is 11.7. The lowest BCUT2D eigenvalue weighted by atomic mass is 10.1. The molecule has 1 N–H and O–H groups in total. The molecule has 1 aromatic rings. The highest BCUT2D eigenvalue weighted by Crippen LogP contribution is 2.13. The van der Waals surface area contributed by atoms with Gasteiger partial charge in [0.2, 0.25) is 0 Å². The first kappa shape index (κ1) is 25.0. The van der Waals surface area contributed by atoms with Crippen LogP contribution in [0.15, 0.2) is 30.3 Å². The van der Waals surface area contributed by atoms with Crippen LogP contribution in [0.5, 0.6) is 5.75 Å². The van der Waals surface area contributed by atoms with E-state index in [2.05, 4.69) is 21.0 Å². The van der Waals surface area contributed by atoms with Crippen molar-refractivity contribution in [1.29, 1.82) is 0 Å². The maximum Gasteiger partial charge on any atom is 0.137 e. The fraction of sp³-hybridized carbons (Fsp3) is 0.760. The van der Waals surface area contributed by atoms with Crippen LogP contribution in [0.4, 0.5) is 0 Å². The van der Waals surface area contributed by atoms with Gasteiger partial charge in [0.15, 0.2) is 0 Å². The van der Waals surface area contributed by atoms with Gasteiger partial charge in [-0.25, -0.2) is 0 Å². The van der Waals surface area contributed by atoms with Gasteiger partial charge >= 0.3 is 0 Å². The van der Waals surface area contributed by atoms with Crippen molar-refractivity contribution in [1.82, 2.24) is 0 Å². The van der Waals surface area contributed by atoms with Gasteiger partial charge in [-0.3, -0.25) is 0 Å². The Morgan fingerprint density at radius 2 is 1.29 bits per heavy atom. The van der Waals surface area contributed by atoms with E-state index < -0.39 is 6.10 Å². The largest absolute Gasteiger partial charge is 0.491 e. The van der Waals surface area contributed by atoms with Crippen LogP contribution < -0.4 is 4.74 Å². The molecule has 1 rings (SSSR count). The zero-order chi connectivity index (χ0) is 20.5. The van der Waals surface area contributed by atoms with Crippen LogP contribution in [-0.2, 0) is 0 Å². The van der Waals surface area contributed by atoms with Crippen LogP contribution in [0.2, 0.25) is 0 Å². The SMILES string of the molecule is CCCCCCCCCCCCCC[N+](C)(C)CC(O)COc1ccccc1. The lowest BCUT2D eigenvalue weighted by Crippen LogP contribution is -2.47. The van der Waals surface area contributed by atoms with Gasteiger partial charge < -0.3 is 14.3 Å². The minimum atomic E-state index is -0.424. The molecule has 1 unspecified atom stereocenters. The highest BCUT2D eigenvalue weighted by Gasteiger charge is 2.20. The van der Waals surface area contributed by atoms with Gasteiger partial charge in [0.05, 0.1) is 20.6 Å². The van der Waals surface area contributed by atoms with E-state index in [1.165, 1.54) is 77.0 Å². The Balaban J connectivity index is 1.97. The molecule has 3 nitrogen and oxygen atoms in total. The summed E-state index contributed by atoms with van der Waals surface area (Å²) in [5.74, 6) is 0.827. The number of aliphatic hydroxyl groups is 1. The first-order chi connectivity index (χ1) is 13.5. The van der Waals surface area contributed by atoms with Crippen LogP contribution in [0, 0.1) is 0 Å². The molecule has 0 bridgehead atoms. The second kappa shape index (κ2) is 15.8. The second-order valence-electron chi connectivity index (χ2n) is 9.01. The zero-order valence-corrected chi connectivity index (χ0v) is 18.9. The summed E-state index contributed by atoms with van der Waals surface area (Å²) in [5.41, 5.74) is 0. The maximum absolute atomic E-state index is 10.3. The summed E-state index contributed by atoms with van der Waals surface area (Å²) in [5, 5.41) is 10.3. The van der Waals surface area contributed by atoms with Gasteiger partial charge in [0.1, 0.15) is 25.0 Å². The number of rotatable bonds is 18. The van der Waals surface area contributed by atoms with Crippen LogP contribution >= 0.6 is 0 Å². The molecule has 162 valence electrons. The third-order valence-electron chi connectivity index (χ3n) is 5.51.